The predicted octanol–water partition coefficient (Wildman–Crippen LogP) is 5.31. The summed E-state index contributed by atoms with van der Waals surface area (Å²) in [6.07, 6.45) is 0. The van der Waals surface area contributed by atoms with Crippen molar-refractivity contribution in [1.29, 1.82) is 0 Å². The molecule has 0 radical (unpaired) electrons. The van der Waals surface area contributed by atoms with E-state index < -0.39 is 46.3 Å². The summed E-state index contributed by atoms with van der Waals surface area (Å²) in [5.41, 5.74) is -0.0428. The van der Waals surface area contributed by atoms with Crippen LogP contribution in [-0.2, 0) is 0 Å². The highest BCUT2D eigenvalue weighted by atomic mass is 19.2. The van der Waals surface area contributed by atoms with Crippen molar-refractivity contribution in [3.8, 4) is 5.75 Å². The summed E-state index contributed by atoms with van der Waals surface area (Å²) in [6.45, 7) is 3.48. The molecule has 0 bridgehead atoms. The quantitative estimate of drug-likeness (QED) is 0.195. The minimum atomic E-state index is -1.97. The maximum atomic E-state index is 14.4. The zero-order valence-electron chi connectivity index (χ0n) is 15.4. The number of aryl methyl sites for hydroxylation is 2. The fraction of sp³-hybridized carbons (Fsp3) is 0.0909. The van der Waals surface area contributed by atoms with Crippen LogP contribution in [-0.4, -0.2) is 11.8 Å². The molecule has 3 aromatic carbocycles. The van der Waals surface area contributed by atoms with E-state index in [9.17, 15) is 27.2 Å². The van der Waals surface area contributed by atoms with E-state index in [-0.39, 0.29) is 11.1 Å². The first-order chi connectivity index (χ1) is 13.7. The second-order valence-electron chi connectivity index (χ2n) is 6.41. The smallest absolute Gasteiger partial charge is 0.343 e. The Morgan fingerprint density at radius 3 is 1.52 bits per heavy atom. The predicted molar refractivity (Wildman–Crippen MR) is 97.0 cm³/mol. The third kappa shape index (κ3) is 3.89. The zero-order valence-corrected chi connectivity index (χ0v) is 15.4. The van der Waals surface area contributed by atoms with Crippen LogP contribution in [0.15, 0.2) is 48.5 Å². The fourth-order valence-corrected chi connectivity index (χ4v) is 2.59. The molecule has 0 amide bonds. The van der Waals surface area contributed by atoms with Gasteiger partial charge in [0, 0.05) is 5.56 Å². The van der Waals surface area contributed by atoms with E-state index in [4.69, 9.17) is 0 Å². The number of rotatable bonds is 4. The van der Waals surface area contributed by atoms with E-state index in [1.165, 1.54) is 36.4 Å². The average molecular weight is 402 g/mol. The molecule has 0 unspecified atom stereocenters. The van der Waals surface area contributed by atoms with Gasteiger partial charge in [-0.1, -0.05) is 47.5 Å². The molecule has 0 aliphatic carbocycles. The van der Waals surface area contributed by atoms with Crippen LogP contribution in [0.3, 0.4) is 0 Å². The van der Waals surface area contributed by atoms with Crippen LogP contribution >= 0.6 is 0 Å². The van der Waals surface area contributed by atoms with Gasteiger partial charge in [-0.3, -0.25) is 4.79 Å². The van der Waals surface area contributed by atoms with E-state index in [1.807, 2.05) is 0 Å². The van der Waals surface area contributed by atoms with Crippen LogP contribution in [0.2, 0.25) is 0 Å². The van der Waals surface area contributed by atoms with Crippen LogP contribution in [0.25, 0.3) is 0 Å². The number of carbonyl (C=O) groups excluding carboxylic acids is 2. The molecular weight excluding hydrogens is 388 g/mol. The molecule has 0 heterocycles. The fourth-order valence-electron chi connectivity index (χ4n) is 2.59. The molecule has 0 spiro atoms. The van der Waals surface area contributed by atoms with Crippen LogP contribution in [0.5, 0.6) is 5.75 Å². The van der Waals surface area contributed by atoms with Crippen molar-refractivity contribution in [2.24, 2.45) is 0 Å². The van der Waals surface area contributed by atoms with Crippen molar-refractivity contribution in [3.63, 3.8) is 0 Å². The number of hydrogen-bond acceptors (Lipinski definition) is 3. The summed E-state index contributed by atoms with van der Waals surface area (Å²) < 4.78 is 62.1. The molecule has 0 saturated carbocycles. The number of halogens is 4. The standard InChI is InChI=1S/C22H14F4O3/c1-11-3-7-13(8-4-11)20(27)15-16(23)18(25)21(19(26)17(15)24)29-22(28)14-9-5-12(2)6-10-14/h3-10H,1-2H3. The van der Waals surface area contributed by atoms with Gasteiger partial charge in [0.2, 0.25) is 17.4 Å². The summed E-state index contributed by atoms with van der Waals surface area (Å²) in [6, 6.07) is 11.3. The number of hydrogen-bond donors (Lipinski definition) is 0. The lowest BCUT2D eigenvalue weighted by molar-refractivity contribution is 0.0717. The minimum absolute atomic E-state index is 0.0741. The highest BCUT2D eigenvalue weighted by molar-refractivity contribution is 6.09. The van der Waals surface area contributed by atoms with E-state index in [1.54, 1.807) is 26.0 Å². The summed E-state index contributed by atoms with van der Waals surface area (Å²) in [5.74, 6) is -11.8. The molecule has 3 rings (SSSR count). The monoisotopic (exact) mass is 402 g/mol. The van der Waals surface area contributed by atoms with Crippen molar-refractivity contribution in [2.45, 2.75) is 13.8 Å². The Morgan fingerprint density at radius 1 is 0.655 bits per heavy atom. The Kier molecular flexibility index (Phi) is 5.50. The summed E-state index contributed by atoms with van der Waals surface area (Å²) in [5, 5.41) is 0. The Hall–Kier alpha value is -3.48. The van der Waals surface area contributed by atoms with Crippen molar-refractivity contribution < 1.29 is 31.9 Å². The number of esters is 1. The van der Waals surface area contributed by atoms with Gasteiger partial charge in [-0.15, -0.1) is 0 Å². The molecule has 0 fully saturated rings. The first-order valence-electron chi connectivity index (χ1n) is 8.47. The average Bonchev–Trinajstić information content (AvgIpc) is 2.70. The zero-order chi connectivity index (χ0) is 21.3. The van der Waals surface area contributed by atoms with Gasteiger partial charge in [0.15, 0.2) is 17.4 Å². The molecule has 0 aliphatic rings. The molecule has 29 heavy (non-hydrogen) atoms. The van der Waals surface area contributed by atoms with Gasteiger partial charge < -0.3 is 4.74 Å². The molecule has 148 valence electrons. The SMILES string of the molecule is Cc1ccc(C(=O)Oc2c(F)c(F)c(C(=O)c3ccc(C)cc3)c(F)c2F)cc1. The Labute approximate surface area is 163 Å². The molecule has 0 aromatic heterocycles. The molecular formula is C22H14F4O3. The van der Waals surface area contributed by atoms with Gasteiger partial charge in [0.25, 0.3) is 0 Å². The van der Waals surface area contributed by atoms with Crippen LogP contribution in [0, 0.1) is 37.1 Å². The molecule has 0 saturated heterocycles. The highest BCUT2D eigenvalue weighted by Crippen LogP contribution is 2.32. The highest BCUT2D eigenvalue weighted by Gasteiger charge is 2.32. The van der Waals surface area contributed by atoms with Crippen LogP contribution in [0.4, 0.5) is 17.6 Å². The summed E-state index contributed by atoms with van der Waals surface area (Å²) in [4.78, 5) is 24.4. The molecule has 0 aliphatic heterocycles. The van der Waals surface area contributed by atoms with Crippen LogP contribution < -0.4 is 4.74 Å². The minimum Gasteiger partial charge on any atom is -0.416 e. The third-order valence-electron chi connectivity index (χ3n) is 4.25. The number of carbonyl (C=O) groups is 2. The van der Waals surface area contributed by atoms with E-state index >= 15 is 0 Å². The summed E-state index contributed by atoms with van der Waals surface area (Å²) in [7, 11) is 0. The van der Waals surface area contributed by atoms with Crippen molar-refractivity contribution in [1.82, 2.24) is 0 Å². The van der Waals surface area contributed by atoms with Gasteiger partial charge in [0.1, 0.15) is 5.56 Å². The Bertz CT molecular complexity index is 1080. The van der Waals surface area contributed by atoms with E-state index in [0.717, 1.165) is 11.1 Å². The van der Waals surface area contributed by atoms with Gasteiger partial charge in [0.05, 0.1) is 5.56 Å². The molecule has 0 N–H and O–H groups in total. The normalized spacial score (nSPS) is 10.7. The van der Waals surface area contributed by atoms with Crippen LogP contribution in [0.1, 0.15) is 37.4 Å². The van der Waals surface area contributed by atoms with E-state index in [2.05, 4.69) is 4.74 Å². The first kappa shape index (κ1) is 20.3. The maximum absolute atomic E-state index is 14.4. The maximum Gasteiger partial charge on any atom is 0.343 e. The van der Waals surface area contributed by atoms with Crippen molar-refractivity contribution >= 4 is 11.8 Å². The first-order valence-corrected chi connectivity index (χ1v) is 8.47. The Balaban J connectivity index is 2.01. The van der Waals surface area contributed by atoms with Crippen molar-refractivity contribution in [3.05, 3.63) is 99.6 Å². The number of ether oxygens (including phenoxy) is 1. The molecule has 7 heteroatoms. The van der Waals surface area contributed by atoms with Gasteiger partial charge in [-0.05, 0) is 26.0 Å². The lowest BCUT2D eigenvalue weighted by atomic mass is 10.0. The molecule has 0 atom stereocenters. The second kappa shape index (κ2) is 7.87. The Morgan fingerprint density at radius 2 is 1.07 bits per heavy atom. The molecule has 3 aromatic rings. The lowest BCUT2D eigenvalue weighted by Crippen LogP contribution is -2.16. The number of benzene rings is 3. The second-order valence-corrected chi connectivity index (χ2v) is 6.41. The molecule has 3 nitrogen and oxygen atoms in total. The van der Waals surface area contributed by atoms with E-state index in [0.29, 0.717) is 0 Å². The topological polar surface area (TPSA) is 43.4 Å². The lowest BCUT2D eigenvalue weighted by Gasteiger charge is -2.12. The van der Waals surface area contributed by atoms with Gasteiger partial charge in [-0.2, -0.15) is 8.78 Å². The summed E-state index contributed by atoms with van der Waals surface area (Å²) >= 11 is 0. The third-order valence-corrected chi connectivity index (χ3v) is 4.25. The largest absolute Gasteiger partial charge is 0.416 e. The van der Waals surface area contributed by atoms with Crippen molar-refractivity contribution in [2.75, 3.05) is 0 Å². The van der Waals surface area contributed by atoms with Gasteiger partial charge in [-0.25, -0.2) is 13.6 Å². The number of ketones is 1. The van der Waals surface area contributed by atoms with Gasteiger partial charge >= 0.3 is 5.97 Å².